The van der Waals surface area contributed by atoms with E-state index in [1.807, 2.05) is 66.7 Å². The molecule has 1 saturated heterocycles. The van der Waals surface area contributed by atoms with Gasteiger partial charge in [0.25, 0.3) is 0 Å². The van der Waals surface area contributed by atoms with Crippen molar-refractivity contribution < 1.29 is 29.3 Å². The number of nitrogens with zero attached hydrogens (tertiary/aromatic N) is 2. The molecule has 58 heavy (non-hydrogen) atoms. The van der Waals surface area contributed by atoms with Gasteiger partial charge in [-0.15, -0.1) is 0 Å². The highest BCUT2D eigenvalue weighted by Crippen LogP contribution is 2.31. The maximum Gasteiger partial charge on any atom is 0.411 e. The molecule has 1 atom stereocenters. The molecular formula is C47H54N4O7. The number of aromatic nitrogens is 1. The number of H-pyrrole nitrogens is 1. The highest BCUT2D eigenvalue weighted by atomic mass is 16.6. The number of aliphatic hydroxyl groups excluding tert-OH is 1. The molecule has 2 heterocycles. The summed E-state index contributed by atoms with van der Waals surface area (Å²) in [5.74, 6) is 0.164. The molecule has 1 aliphatic heterocycles. The number of amides is 2. The largest absolute Gasteiger partial charge is 0.506 e. The zero-order chi connectivity index (χ0) is 40.9. The third kappa shape index (κ3) is 11.9. The number of ketones is 1. The minimum atomic E-state index is -0.728. The Kier molecular flexibility index (Phi) is 14.8. The maximum absolute atomic E-state index is 12.9. The van der Waals surface area contributed by atoms with E-state index in [-0.39, 0.29) is 29.1 Å². The normalized spacial score (nSPS) is 13.9. The summed E-state index contributed by atoms with van der Waals surface area (Å²) in [6.07, 6.45) is 4.79. The van der Waals surface area contributed by atoms with Crippen LogP contribution in [0, 0.1) is 0 Å². The van der Waals surface area contributed by atoms with Crippen LogP contribution in [0.5, 0.6) is 5.75 Å². The van der Waals surface area contributed by atoms with Crippen LogP contribution in [-0.2, 0) is 27.2 Å². The molecule has 2 amide bonds. The Morgan fingerprint density at radius 2 is 1.64 bits per heavy atom. The van der Waals surface area contributed by atoms with Gasteiger partial charge in [0.1, 0.15) is 17.6 Å². The summed E-state index contributed by atoms with van der Waals surface area (Å²) in [5, 5.41) is 24.6. The Balaban J connectivity index is 0.835. The third-order valence-corrected chi connectivity index (χ3v) is 10.9. The van der Waals surface area contributed by atoms with Gasteiger partial charge in [0, 0.05) is 69.5 Å². The summed E-state index contributed by atoms with van der Waals surface area (Å²) >= 11 is 0. The average molecular weight is 787 g/mol. The predicted octanol–water partition coefficient (Wildman–Crippen LogP) is 7.80. The number of ether oxygens (including phenoxy) is 1. The van der Waals surface area contributed by atoms with Gasteiger partial charge in [-0.3, -0.25) is 19.7 Å². The number of phenols is 1. The summed E-state index contributed by atoms with van der Waals surface area (Å²) in [6.45, 7) is 2.66. The molecule has 0 radical (unpaired) electrons. The molecule has 11 nitrogen and oxygen atoms in total. The Morgan fingerprint density at radius 3 is 2.45 bits per heavy atom. The van der Waals surface area contributed by atoms with Crippen LogP contribution in [0.4, 0.5) is 10.5 Å². The molecule has 1 aromatic heterocycles. The Labute approximate surface area is 339 Å². The number of carbonyl (C=O) groups excluding carboxylic acids is 3. The van der Waals surface area contributed by atoms with Gasteiger partial charge in [-0.05, 0) is 79.0 Å². The average Bonchev–Trinajstić information content (AvgIpc) is 3.23. The van der Waals surface area contributed by atoms with Gasteiger partial charge in [-0.25, -0.2) is 4.79 Å². The van der Waals surface area contributed by atoms with Crippen molar-refractivity contribution >= 4 is 34.4 Å². The van der Waals surface area contributed by atoms with Crippen molar-refractivity contribution in [3.05, 3.63) is 130 Å². The second-order valence-corrected chi connectivity index (χ2v) is 15.2. The number of nitrogens with one attached hydrogen (secondary N) is 2. The molecule has 6 rings (SSSR count). The van der Waals surface area contributed by atoms with Gasteiger partial charge in [-0.1, -0.05) is 85.3 Å². The summed E-state index contributed by atoms with van der Waals surface area (Å²) in [7, 11) is 1.79. The van der Waals surface area contributed by atoms with Crippen LogP contribution < -0.4 is 10.9 Å². The molecule has 0 bridgehead atoms. The fourth-order valence-corrected chi connectivity index (χ4v) is 7.67. The van der Waals surface area contributed by atoms with Crippen LogP contribution in [0.3, 0.4) is 0 Å². The van der Waals surface area contributed by atoms with Crippen molar-refractivity contribution in [2.75, 3.05) is 38.5 Å². The topological polar surface area (TPSA) is 152 Å². The number of hydrogen-bond acceptors (Lipinski definition) is 8. The number of benzene rings is 4. The Bertz CT molecular complexity index is 2210. The minimum Gasteiger partial charge on any atom is -0.506 e. The first-order valence-electron chi connectivity index (χ1n) is 20.3. The number of piperidine rings is 1. The zero-order valence-electron chi connectivity index (χ0n) is 33.2. The number of aryl methyl sites for hydroxylation is 1. The summed E-state index contributed by atoms with van der Waals surface area (Å²) in [5.41, 5.74) is 5.45. The minimum absolute atomic E-state index is 0.0290. The van der Waals surface area contributed by atoms with Crippen LogP contribution in [0.2, 0.25) is 0 Å². The standard InChI is InChI=1S/C47H54N4O7/c1-50(45(56)26-30-51-28-24-37(25-29-51)58-47(57)48-41-18-7-6-17-38(41)35-14-3-2-4-15-35)27-10-16-36(52)32-34-13-9-12-33(31-34)11-5-8-19-42(53)39-20-22-43(54)46-40(39)21-23-44(55)49-46/h2-4,6-7,9,12-15,17-18,20-23,31,37,42,53-54H,5,8,10-11,16,19,24-30,32H2,1H3,(H,48,57)(H,49,55)/t42-/m0/s1. The third-order valence-electron chi connectivity index (χ3n) is 10.9. The molecule has 1 fully saturated rings. The molecular weight excluding hydrogens is 733 g/mol. The highest BCUT2D eigenvalue weighted by molar-refractivity contribution is 5.91. The van der Waals surface area contributed by atoms with Gasteiger partial charge in [-0.2, -0.15) is 0 Å². The lowest BCUT2D eigenvalue weighted by Crippen LogP contribution is -2.40. The van der Waals surface area contributed by atoms with Crippen molar-refractivity contribution in [1.82, 2.24) is 14.8 Å². The smallest absolute Gasteiger partial charge is 0.411 e. The van der Waals surface area contributed by atoms with E-state index < -0.39 is 12.2 Å². The number of anilines is 1. The van der Waals surface area contributed by atoms with Crippen LogP contribution >= 0.6 is 0 Å². The van der Waals surface area contributed by atoms with Crippen molar-refractivity contribution in [2.45, 2.75) is 76.4 Å². The number of rotatable bonds is 18. The number of Topliss-reactive ketones (excluding diaryl/α,β-unsaturated/α-hetero) is 1. The number of fused-ring (bicyclic) bond motifs is 1. The lowest BCUT2D eigenvalue weighted by Gasteiger charge is -2.31. The van der Waals surface area contributed by atoms with Crippen LogP contribution in [0.1, 0.15) is 74.2 Å². The summed E-state index contributed by atoms with van der Waals surface area (Å²) in [4.78, 5) is 56.8. The van der Waals surface area contributed by atoms with E-state index in [4.69, 9.17) is 4.74 Å². The summed E-state index contributed by atoms with van der Waals surface area (Å²) in [6, 6.07) is 31.8. The van der Waals surface area contributed by atoms with Crippen molar-refractivity contribution in [3.63, 3.8) is 0 Å². The first kappa shape index (κ1) is 41.8. The molecule has 4 N–H and O–H groups in total. The van der Waals surface area contributed by atoms with Gasteiger partial charge in [0.05, 0.1) is 17.3 Å². The van der Waals surface area contributed by atoms with E-state index in [0.717, 1.165) is 54.6 Å². The number of pyridine rings is 1. The molecule has 0 spiro atoms. The molecule has 4 aromatic carbocycles. The van der Waals surface area contributed by atoms with E-state index in [1.165, 1.54) is 12.1 Å². The van der Waals surface area contributed by atoms with Crippen molar-refractivity contribution in [3.8, 4) is 16.9 Å². The van der Waals surface area contributed by atoms with Crippen molar-refractivity contribution in [2.24, 2.45) is 0 Å². The molecule has 0 unspecified atom stereocenters. The number of aromatic hydroxyl groups is 1. The maximum atomic E-state index is 12.9. The quantitative estimate of drug-likeness (QED) is 0.0657. The zero-order valence-corrected chi connectivity index (χ0v) is 33.2. The van der Waals surface area contributed by atoms with Gasteiger partial charge in [0.2, 0.25) is 11.5 Å². The highest BCUT2D eigenvalue weighted by Gasteiger charge is 2.24. The number of aromatic amines is 1. The Hall–Kier alpha value is -5.78. The SMILES string of the molecule is CN(CCCC(=O)Cc1cccc(CCCC[C@H](O)c2ccc(O)c3[nH]c(=O)ccc23)c1)C(=O)CCN1CCC(OC(=O)Nc2ccccc2-c2ccccc2)CC1. The number of likely N-dealkylation sites (tertiary alicyclic amines) is 1. The molecule has 0 saturated carbocycles. The molecule has 11 heteroatoms. The summed E-state index contributed by atoms with van der Waals surface area (Å²) < 4.78 is 5.76. The van der Waals surface area contributed by atoms with Gasteiger partial charge < -0.3 is 29.7 Å². The lowest BCUT2D eigenvalue weighted by molar-refractivity contribution is -0.130. The number of aliphatic hydroxyl groups is 1. The molecule has 1 aliphatic rings. The van der Waals surface area contributed by atoms with E-state index in [0.29, 0.717) is 80.2 Å². The number of para-hydroxylation sites is 1. The van der Waals surface area contributed by atoms with E-state index in [2.05, 4.69) is 27.3 Å². The number of phenolic OH excluding ortho intramolecular Hbond substituents is 1. The second kappa shape index (κ2) is 20.6. The fourth-order valence-electron chi connectivity index (χ4n) is 7.67. The number of unbranched alkanes of at least 4 members (excludes halogenated alkanes) is 1. The molecule has 0 aliphatic carbocycles. The predicted molar refractivity (Wildman–Crippen MR) is 227 cm³/mol. The number of hydrogen-bond donors (Lipinski definition) is 4. The van der Waals surface area contributed by atoms with Crippen molar-refractivity contribution in [1.29, 1.82) is 0 Å². The van der Waals surface area contributed by atoms with Crippen LogP contribution in [0.25, 0.3) is 22.0 Å². The van der Waals surface area contributed by atoms with E-state index >= 15 is 0 Å². The lowest BCUT2D eigenvalue weighted by atomic mass is 9.97. The molecule has 304 valence electrons. The van der Waals surface area contributed by atoms with Crippen LogP contribution in [-0.4, -0.2) is 82.1 Å². The van der Waals surface area contributed by atoms with Crippen LogP contribution in [0.15, 0.2) is 108 Å². The first-order chi connectivity index (χ1) is 28.1. The Morgan fingerprint density at radius 1 is 0.879 bits per heavy atom. The molecule has 5 aromatic rings. The van der Waals surface area contributed by atoms with Gasteiger partial charge >= 0.3 is 6.09 Å². The van der Waals surface area contributed by atoms with E-state index in [9.17, 15) is 29.4 Å². The van der Waals surface area contributed by atoms with Gasteiger partial charge in [0.15, 0.2) is 0 Å². The number of carbonyl (C=O) groups is 3. The monoisotopic (exact) mass is 786 g/mol. The fraction of sp³-hybridized carbons (Fsp3) is 0.362. The van der Waals surface area contributed by atoms with E-state index in [1.54, 1.807) is 24.1 Å². The first-order valence-corrected chi connectivity index (χ1v) is 20.3. The second-order valence-electron chi connectivity index (χ2n) is 15.2.